The van der Waals surface area contributed by atoms with Gasteiger partial charge in [0.1, 0.15) is 17.3 Å². The van der Waals surface area contributed by atoms with Gasteiger partial charge in [0.05, 0.1) is 11.4 Å². The lowest BCUT2D eigenvalue weighted by Crippen LogP contribution is -2.23. The normalized spacial score (nSPS) is 14.7. The summed E-state index contributed by atoms with van der Waals surface area (Å²) in [6, 6.07) is 11.9. The van der Waals surface area contributed by atoms with E-state index in [1.807, 2.05) is 0 Å². The van der Waals surface area contributed by atoms with E-state index in [0.717, 1.165) is 25.7 Å². The molecule has 1 saturated carbocycles. The first-order valence-corrected chi connectivity index (χ1v) is 10.9. The van der Waals surface area contributed by atoms with E-state index in [2.05, 4.69) is 25.3 Å². The number of phenolic OH excluding ortho intramolecular Hbond substituents is 1. The van der Waals surface area contributed by atoms with Gasteiger partial charge in [0, 0.05) is 22.7 Å². The van der Waals surface area contributed by atoms with Gasteiger partial charge in [0.15, 0.2) is 0 Å². The zero-order chi connectivity index (χ0) is 23.4. The van der Waals surface area contributed by atoms with E-state index in [-0.39, 0.29) is 17.5 Å². The molecule has 3 aromatic rings. The fraction of sp³-hybridized carbons (Fsp3) is 0.304. The van der Waals surface area contributed by atoms with Gasteiger partial charge in [-0.05, 0) is 43.2 Å². The Morgan fingerprint density at radius 1 is 1.00 bits per heavy atom. The molecule has 3 N–H and O–H groups in total. The molecule has 10 heteroatoms. The van der Waals surface area contributed by atoms with Gasteiger partial charge in [0.2, 0.25) is 5.95 Å². The first-order valence-electron chi connectivity index (χ1n) is 10.5. The van der Waals surface area contributed by atoms with Crippen molar-refractivity contribution in [2.24, 2.45) is 0 Å². The Morgan fingerprint density at radius 2 is 1.79 bits per heavy atom. The number of anilines is 3. The molecule has 2 aromatic carbocycles. The van der Waals surface area contributed by atoms with Crippen molar-refractivity contribution in [2.45, 2.75) is 44.5 Å². The molecule has 174 valence electrons. The summed E-state index contributed by atoms with van der Waals surface area (Å²) in [5.74, 6) is 0.313. The summed E-state index contributed by atoms with van der Waals surface area (Å²) in [7, 11) is 0. The first kappa shape index (κ1) is 23.0. The number of nitrogens with one attached hydrogen (secondary N) is 2. The number of aromatic hydroxyl groups is 1. The molecular formula is C23H22ClF3N4O2. The minimum absolute atomic E-state index is 0.0260. The highest BCUT2D eigenvalue weighted by Gasteiger charge is 2.31. The van der Waals surface area contributed by atoms with Crippen LogP contribution in [-0.4, -0.2) is 27.5 Å². The van der Waals surface area contributed by atoms with Crippen molar-refractivity contribution in [3.8, 4) is 22.8 Å². The minimum Gasteiger partial charge on any atom is -0.506 e. The number of aromatic nitrogens is 2. The number of nitrogens with zero attached hydrogens (tertiary/aromatic N) is 2. The monoisotopic (exact) mass is 478 g/mol. The van der Waals surface area contributed by atoms with Crippen LogP contribution in [0.2, 0.25) is 5.02 Å². The first-order chi connectivity index (χ1) is 15.7. The number of alkyl halides is 3. The van der Waals surface area contributed by atoms with Crippen LogP contribution in [0.4, 0.5) is 30.6 Å². The number of benzene rings is 2. The molecule has 0 amide bonds. The molecule has 0 aliphatic heterocycles. The van der Waals surface area contributed by atoms with Gasteiger partial charge in [-0.3, -0.25) is 0 Å². The van der Waals surface area contributed by atoms with Crippen LogP contribution in [0.15, 0.2) is 48.5 Å². The number of hydrogen-bond donors (Lipinski definition) is 3. The van der Waals surface area contributed by atoms with Crippen LogP contribution in [0, 0.1) is 0 Å². The average molecular weight is 479 g/mol. The fourth-order valence-electron chi connectivity index (χ4n) is 3.75. The zero-order valence-corrected chi connectivity index (χ0v) is 18.2. The van der Waals surface area contributed by atoms with Crippen LogP contribution in [0.3, 0.4) is 0 Å². The van der Waals surface area contributed by atoms with E-state index in [0.29, 0.717) is 33.7 Å². The summed E-state index contributed by atoms with van der Waals surface area (Å²) in [6.07, 6.45) is 0.576. The van der Waals surface area contributed by atoms with E-state index in [9.17, 15) is 18.3 Å². The van der Waals surface area contributed by atoms with E-state index >= 15 is 0 Å². The van der Waals surface area contributed by atoms with Crippen molar-refractivity contribution in [2.75, 3.05) is 10.6 Å². The lowest BCUT2D eigenvalue weighted by Gasteiger charge is -2.23. The molecule has 0 unspecified atom stereocenters. The highest BCUT2D eigenvalue weighted by Crippen LogP contribution is 2.32. The molecule has 1 aromatic heterocycles. The summed E-state index contributed by atoms with van der Waals surface area (Å²) >= 11 is 6.04. The lowest BCUT2D eigenvalue weighted by molar-refractivity contribution is -0.274. The SMILES string of the molecule is Oc1ccc(Cl)cc1Nc1cc(-c2cccc(OC(F)(F)F)c2)nc(NC2CCCCC2)n1. The Labute approximate surface area is 193 Å². The topological polar surface area (TPSA) is 79.3 Å². The lowest BCUT2D eigenvalue weighted by atomic mass is 9.96. The highest BCUT2D eigenvalue weighted by atomic mass is 35.5. The van der Waals surface area contributed by atoms with Crippen molar-refractivity contribution in [3.63, 3.8) is 0 Å². The number of phenols is 1. The second-order valence-corrected chi connectivity index (χ2v) is 8.24. The molecule has 0 saturated heterocycles. The van der Waals surface area contributed by atoms with Gasteiger partial charge in [-0.25, -0.2) is 4.98 Å². The van der Waals surface area contributed by atoms with Crippen LogP contribution in [-0.2, 0) is 0 Å². The maximum absolute atomic E-state index is 12.7. The molecule has 33 heavy (non-hydrogen) atoms. The van der Waals surface area contributed by atoms with E-state index in [1.54, 1.807) is 24.3 Å². The average Bonchev–Trinajstić information content (AvgIpc) is 2.76. The summed E-state index contributed by atoms with van der Waals surface area (Å²) in [5, 5.41) is 16.9. The van der Waals surface area contributed by atoms with E-state index < -0.39 is 6.36 Å². The van der Waals surface area contributed by atoms with Crippen molar-refractivity contribution in [1.29, 1.82) is 0 Å². The predicted octanol–water partition coefficient (Wildman–Crippen LogP) is 6.89. The summed E-state index contributed by atoms with van der Waals surface area (Å²) in [5.41, 5.74) is 1.15. The molecule has 1 fully saturated rings. The molecule has 0 radical (unpaired) electrons. The number of halogens is 4. The predicted molar refractivity (Wildman–Crippen MR) is 121 cm³/mol. The maximum atomic E-state index is 12.7. The molecule has 4 rings (SSSR count). The second-order valence-electron chi connectivity index (χ2n) is 7.80. The van der Waals surface area contributed by atoms with Crippen LogP contribution >= 0.6 is 11.6 Å². The van der Waals surface area contributed by atoms with Crippen molar-refractivity contribution < 1.29 is 23.0 Å². The third-order valence-electron chi connectivity index (χ3n) is 5.25. The summed E-state index contributed by atoms with van der Waals surface area (Å²) in [6.45, 7) is 0. The molecule has 0 atom stereocenters. The fourth-order valence-corrected chi connectivity index (χ4v) is 3.92. The van der Waals surface area contributed by atoms with Gasteiger partial charge in [-0.2, -0.15) is 4.98 Å². The van der Waals surface area contributed by atoms with Crippen LogP contribution in [0.25, 0.3) is 11.3 Å². The molecular weight excluding hydrogens is 457 g/mol. The summed E-state index contributed by atoms with van der Waals surface area (Å²) < 4.78 is 42.1. The van der Waals surface area contributed by atoms with Gasteiger partial charge < -0.3 is 20.5 Å². The van der Waals surface area contributed by atoms with Crippen LogP contribution in [0.1, 0.15) is 32.1 Å². The van der Waals surface area contributed by atoms with Crippen molar-refractivity contribution in [3.05, 3.63) is 53.6 Å². The van der Waals surface area contributed by atoms with E-state index in [4.69, 9.17) is 11.6 Å². The molecule has 1 heterocycles. The van der Waals surface area contributed by atoms with Gasteiger partial charge >= 0.3 is 6.36 Å². The molecule has 6 nitrogen and oxygen atoms in total. The van der Waals surface area contributed by atoms with Crippen molar-refractivity contribution >= 4 is 29.1 Å². The quantitative estimate of drug-likeness (QED) is 0.335. The standard InChI is InChI=1S/C23H22ClF3N4O2/c24-15-9-10-20(32)19(12-15)29-21-13-18(14-5-4-8-17(11-14)33-23(25,26)27)30-22(31-21)28-16-6-2-1-3-7-16/h4-5,8-13,16,32H,1-3,6-7H2,(H2,28,29,30,31). The highest BCUT2D eigenvalue weighted by molar-refractivity contribution is 6.31. The Morgan fingerprint density at radius 3 is 2.55 bits per heavy atom. The smallest absolute Gasteiger partial charge is 0.506 e. The number of rotatable bonds is 6. The minimum atomic E-state index is -4.80. The number of ether oxygens (including phenoxy) is 1. The maximum Gasteiger partial charge on any atom is 0.573 e. The van der Waals surface area contributed by atoms with Crippen LogP contribution in [0.5, 0.6) is 11.5 Å². The van der Waals surface area contributed by atoms with E-state index in [1.165, 1.54) is 30.7 Å². The Balaban J connectivity index is 1.69. The second kappa shape index (κ2) is 9.74. The Hall–Kier alpha value is -3.20. The van der Waals surface area contributed by atoms with Gasteiger partial charge in [-0.15, -0.1) is 13.2 Å². The molecule has 0 bridgehead atoms. The molecule has 1 aliphatic carbocycles. The largest absolute Gasteiger partial charge is 0.573 e. The molecule has 1 aliphatic rings. The Kier molecular flexibility index (Phi) is 6.78. The third-order valence-corrected chi connectivity index (χ3v) is 5.48. The third kappa shape index (κ3) is 6.41. The molecule has 0 spiro atoms. The zero-order valence-electron chi connectivity index (χ0n) is 17.5. The number of hydrogen-bond acceptors (Lipinski definition) is 6. The summed E-state index contributed by atoms with van der Waals surface area (Å²) in [4.78, 5) is 9.03. The van der Waals surface area contributed by atoms with Gasteiger partial charge in [0.25, 0.3) is 0 Å². The van der Waals surface area contributed by atoms with Crippen molar-refractivity contribution in [1.82, 2.24) is 9.97 Å². The van der Waals surface area contributed by atoms with Gasteiger partial charge in [-0.1, -0.05) is 43.0 Å². The van der Waals surface area contributed by atoms with Crippen LogP contribution < -0.4 is 15.4 Å². The Bertz CT molecular complexity index is 1120.